The number of carbonyl (C=O) groups is 2. The van der Waals surface area contributed by atoms with Crippen molar-refractivity contribution in [3.05, 3.63) is 24.4 Å². The average Bonchev–Trinajstić information content (AvgIpc) is 2.89. The fraction of sp³-hybridized carbons (Fsp3) is 0.632. The van der Waals surface area contributed by atoms with Crippen LogP contribution >= 0.6 is 0 Å². The molecule has 4 rings (SSSR count). The molecule has 1 N–H and O–H groups in total. The molecule has 2 aliphatic carbocycles. The highest BCUT2D eigenvalue weighted by Gasteiger charge is 2.56. The van der Waals surface area contributed by atoms with E-state index < -0.39 is 6.09 Å². The van der Waals surface area contributed by atoms with E-state index in [1.54, 1.807) is 18.3 Å². The van der Waals surface area contributed by atoms with E-state index in [1.807, 2.05) is 13.0 Å². The lowest BCUT2D eigenvalue weighted by atomic mass is 9.61. The zero-order chi connectivity index (χ0) is 17.4. The van der Waals surface area contributed by atoms with Gasteiger partial charge >= 0.3 is 12.1 Å². The van der Waals surface area contributed by atoms with Crippen LogP contribution < -0.4 is 5.32 Å². The van der Waals surface area contributed by atoms with Gasteiger partial charge in [0.2, 0.25) is 0 Å². The molecule has 0 spiro atoms. The fourth-order valence-electron chi connectivity index (χ4n) is 5.02. The number of carbonyl (C=O) groups excluding carboxylic acids is 2. The highest BCUT2D eigenvalue weighted by atomic mass is 16.6. The van der Waals surface area contributed by atoms with E-state index in [-0.39, 0.29) is 30.0 Å². The topological polar surface area (TPSA) is 77.5 Å². The zero-order valence-electron chi connectivity index (χ0n) is 14.4. The van der Waals surface area contributed by atoms with Crippen LogP contribution in [0.5, 0.6) is 0 Å². The lowest BCUT2D eigenvalue weighted by Gasteiger charge is -2.45. The molecule has 1 aromatic heterocycles. The summed E-state index contributed by atoms with van der Waals surface area (Å²) < 4.78 is 11.4. The van der Waals surface area contributed by atoms with Gasteiger partial charge < -0.3 is 9.47 Å². The largest absolute Gasteiger partial charge is 0.462 e. The molecule has 3 aliphatic rings. The number of fused-ring (bicyclic) bond motifs is 2. The summed E-state index contributed by atoms with van der Waals surface area (Å²) in [6.45, 7) is 1.92. The van der Waals surface area contributed by atoms with E-state index in [2.05, 4.69) is 10.3 Å². The second kappa shape index (κ2) is 6.65. The van der Waals surface area contributed by atoms with Crippen LogP contribution in [0.1, 0.15) is 39.0 Å². The normalized spacial score (nSPS) is 36.8. The summed E-state index contributed by atoms with van der Waals surface area (Å²) in [4.78, 5) is 28.8. The maximum atomic E-state index is 12.4. The third-order valence-electron chi connectivity index (χ3n) is 6.08. The van der Waals surface area contributed by atoms with Gasteiger partial charge in [0.05, 0.1) is 5.92 Å². The molecule has 0 aromatic carbocycles. The van der Waals surface area contributed by atoms with Crippen molar-refractivity contribution in [2.24, 2.45) is 23.7 Å². The number of anilines is 1. The van der Waals surface area contributed by atoms with Gasteiger partial charge in [-0.05, 0) is 43.7 Å². The SMILES string of the molecule is CC1OC(=O)C2CC3CCCCC3[C@@H](OC(=O)Nc3ccccn3)C12. The van der Waals surface area contributed by atoms with Crippen LogP contribution in [0, 0.1) is 23.7 Å². The van der Waals surface area contributed by atoms with E-state index in [1.165, 1.54) is 6.42 Å². The number of amides is 1. The zero-order valence-corrected chi connectivity index (χ0v) is 14.4. The van der Waals surface area contributed by atoms with Gasteiger partial charge in [0, 0.05) is 12.1 Å². The number of cyclic esters (lactones) is 1. The van der Waals surface area contributed by atoms with Crippen molar-refractivity contribution in [2.75, 3.05) is 5.32 Å². The van der Waals surface area contributed by atoms with Gasteiger partial charge in [0.25, 0.3) is 0 Å². The maximum Gasteiger partial charge on any atom is 0.413 e. The summed E-state index contributed by atoms with van der Waals surface area (Å²) in [7, 11) is 0. The predicted molar refractivity (Wildman–Crippen MR) is 90.7 cm³/mol. The second-order valence-electron chi connectivity index (χ2n) is 7.48. The lowest BCUT2D eigenvalue weighted by Crippen LogP contribution is -2.49. The molecule has 0 bridgehead atoms. The number of hydrogen-bond donors (Lipinski definition) is 1. The van der Waals surface area contributed by atoms with Crippen molar-refractivity contribution in [1.82, 2.24) is 4.98 Å². The molecule has 134 valence electrons. The molecular formula is C19H24N2O4. The monoisotopic (exact) mass is 344 g/mol. The van der Waals surface area contributed by atoms with E-state index in [9.17, 15) is 9.59 Å². The summed E-state index contributed by atoms with van der Waals surface area (Å²) in [5.74, 6) is 0.928. The molecule has 5 unspecified atom stereocenters. The molecule has 2 saturated carbocycles. The minimum Gasteiger partial charge on any atom is -0.462 e. The van der Waals surface area contributed by atoms with Crippen molar-refractivity contribution in [3.63, 3.8) is 0 Å². The average molecular weight is 344 g/mol. The molecule has 3 fully saturated rings. The molecular weight excluding hydrogens is 320 g/mol. The number of pyridine rings is 1. The van der Waals surface area contributed by atoms with Gasteiger partial charge in [-0.1, -0.05) is 25.3 Å². The first-order valence-electron chi connectivity index (χ1n) is 9.22. The third-order valence-corrected chi connectivity index (χ3v) is 6.08. The molecule has 25 heavy (non-hydrogen) atoms. The number of nitrogens with zero attached hydrogens (tertiary/aromatic N) is 1. The van der Waals surface area contributed by atoms with Crippen molar-refractivity contribution < 1.29 is 19.1 Å². The molecule has 1 aromatic rings. The van der Waals surface area contributed by atoms with Gasteiger partial charge in [-0.25, -0.2) is 9.78 Å². The standard InChI is InChI=1S/C19H24N2O4/c1-11-16-14(18(22)24-11)10-12-6-2-3-7-13(12)17(16)25-19(23)21-15-8-4-5-9-20-15/h4-5,8-9,11-14,16-17H,2-3,6-7,10H2,1H3,(H,20,21,23)/t11?,12?,13?,14?,16?,17-/m1/s1. The summed E-state index contributed by atoms with van der Waals surface area (Å²) in [5.41, 5.74) is 0. The Bertz CT molecular complexity index is 650. The predicted octanol–water partition coefficient (Wildman–Crippen LogP) is 3.39. The number of ether oxygens (including phenoxy) is 2. The van der Waals surface area contributed by atoms with Crippen LogP contribution in [0.3, 0.4) is 0 Å². The Morgan fingerprint density at radius 2 is 2.16 bits per heavy atom. The first-order valence-corrected chi connectivity index (χ1v) is 9.22. The Balaban J connectivity index is 1.53. The quantitative estimate of drug-likeness (QED) is 0.832. The lowest BCUT2D eigenvalue weighted by molar-refractivity contribution is -0.144. The molecule has 6 heteroatoms. The van der Waals surface area contributed by atoms with Gasteiger partial charge in [-0.15, -0.1) is 0 Å². The summed E-state index contributed by atoms with van der Waals surface area (Å²) in [6.07, 6.45) is 6.03. The van der Waals surface area contributed by atoms with Crippen molar-refractivity contribution in [2.45, 2.75) is 51.2 Å². The van der Waals surface area contributed by atoms with Gasteiger partial charge in [-0.2, -0.15) is 0 Å². The number of esters is 1. The van der Waals surface area contributed by atoms with E-state index in [0.717, 1.165) is 25.7 Å². The van der Waals surface area contributed by atoms with Gasteiger partial charge in [-0.3, -0.25) is 10.1 Å². The molecule has 1 saturated heterocycles. The van der Waals surface area contributed by atoms with Crippen LogP contribution in [-0.4, -0.2) is 29.3 Å². The van der Waals surface area contributed by atoms with Crippen molar-refractivity contribution in [3.8, 4) is 0 Å². The summed E-state index contributed by atoms with van der Waals surface area (Å²) in [5, 5.41) is 2.69. The van der Waals surface area contributed by atoms with E-state index >= 15 is 0 Å². The minimum absolute atomic E-state index is 0.0404. The fourth-order valence-corrected chi connectivity index (χ4v) is 5.02. The highest BCUT2D eigenvalue weighted by molar-refractivity contribution is 5.83. The number of hydrogen-bond acceptors (Lipinski definition) is 5. The van der Waals surface area contributed by atoms with Crippen molar-refractivity contribution >= 4 is 17.9 Å². The highest BCUT2D eigenvalue weighted by Crippen LogP contribution is 2.51. The summed E-state index contributed by atoms with van der Waals surface area (Å²) in [6, 6.07) is 5.32. The molecule has 1 amide bonds. The van der Waals surface area contributed by atoms with Crippen LogP contribution in [0.4, 0.5) is 10.6 Å². The van der Waals surface area contributed by atoms with Gasteiger partial charge in [0.15, 0.2) is 0 Å². The Hall–Kier alpha value is -2.11. The minimum atomic E-state index is -0.500. The van der Waals surface area contributed by atoms with Crippen LogP contribution in [0.15, 0.2) is 24.4 Å². The number of rotatable bonds is 2. The summed E-state index contributed by atoms with van der Waals surface area (Å²) >= 11 is 0. The number of nitrogens with one attached hydrogen (secondary N) is 1. The first kappa shape index (κ1) is 16.4. The Morgan fingerprint density at radius 1 is 1.32 bits per heavy atom. The first-order chi connectivity index (χ1) is 12.1. The second-order valence-corrected chi connectivity index (χ2v) is 7.48. The molecule has 0 radical (unpaired) electrons. The third kappa shape index (κ3) is 3.10. The van der Waals surface area contributed by atoms with Crippen LogP contribution in [0.25, 0.3) is 0 Å². The Morgan fingerprint density at radius 3 is 2.96 bits per heavy atom. The molecule has 6 atom stereocenters. The molecule has 2 heterocycles. The van der Waals surface area contributed by atoms with E-state index in [0.29, 0.717) is 17.7 Å². The molecule has 6 nitrogen and oxygen atoms in total. The maximum absolute atomic E-state index is 12.4. The van der Waals surface area contributed by atoms with E-state index in [4.69, 9.17) is 9.47 Å². The number of aromatic nitrogens is 1. The van der Waals surface area contributed by atoms with Crippen molar-refractivity contribution in [1.29, 1.82) is 0 Å². The van der Waals surface area contributed by atoms with Gasteiger partial charge in [0.1, 0.15) is 18.0 Å². The smallest absolute Gasteiger partial charge is 0.413 e. The Labute approximate surface area is 147 Å². The van der Waals surface area contributed by atoms with Crippen LogP contribution in [-0.2, 0) is 14.3 Å². The van der Waals surface area contributed by atoms with Crippen LogP contribution in [0.2, 0.25) is 0 Å². The Kier molecular flexibility index (Phi) is 4.36. The molecule has 1 aliphatic heterocycles.